The molecule has 1 aromatic carbocycles. The molecule has 0 radical (unpaired) electrons. The summed E-state index contributed by atoms with van der Waals surface area (Å²) in [6.45, 7) is 3.28. The molecule has 0 unspecified atom stereocenters. The number of nitrogen functional groups attached to an aromatic ring is 1. The van der Waals surface area contributed by atoms with Gasteiger partial charge in [-0.05, 0) is 46.6 Å². The second kappa shape index (κ2) is 5.23. The Balaban J connectivity index is 1.90. The molecule has 5 heteroatoms. The average molecular weight is 296 g/mol. The van der Waals surface area contributed by atoms with Crippen LogP contribution < -0.4 is 10.5 Å². The highest BCUT2D eigenvalue weighted by atomic mass is 79.9. The van der Waals surface area contributed by atoms with Crippen molar-refractivity contribution in [3.05, 3.63) is 40.5 Å². The maximum absolute atomic E-state index is 5.66. The molecule has 1 heterocycles. The molecule has 4 nitrogen and oxygen atoms in total. The van der Waals surface area contributed by atoms with Crippen LogP contribution in [0, 0.1) is 6.92 Å². The van der Waals surface area contributed by atoms with Gasteiger partial charge in [-0.25, -0.2) is 0 Å². The van der Waals surface area contributed by atoms with Crippen LogP contribution in [0.3, 0.4) is 0 Å². The van der Waals surface area contributed by atoms with E-state index in [1.54, 1.807) is 10.7 Å². The lowest BCUT2D eigenvalue weighted by atomic mass is 10.2. The molecule has 0 aliphatic heterocycles. The summed E-state index contributed by atoms with van der Waals surface area (Å²) in [7, 11) is 0. The number of aryl methyl sites for hydroxylation is 1. The van der Waals surface area contributed by atoms with E-state index >= 15 is 0 Å². The Morgan fingerprint density at radius 3 is 2.88 bits per heavy atom. The number of nitrogens with two attached hydrogens (primary N) is 1. The Morgan fingerprint density at radius 2 is 2.24 bits per heavy atom. The van der Waals surface area contributed by atoms with Gasteiger partial charge in [0.25, 0.3) is 0 Å². The van der Waals surface area contributed by atoms with Gasteiger partial charge >= 0.3 is 0 Å². The number of hydrogen-bond acceptors (Lipinski definition) is 3. The number of aromatic nitrogens is 2. The second-order valence-corrected chi connectivity index (χ2v) is 4.64. The molecule has 2 aromatic rings. The lowest BCUT2D eigenvalue weighted by Gasteiger charge is -2.08. The van der Waals surface area contributed by atoms with Crippen molar-refractivity contribution in [2.24, 2.45) is 0 Å². The van der Waals surface area contributed by atoms with E-state index in [0.29, 0.717) is 19.0 Å². The fraction of sp³-hybridized carbons (Fsp3) is 0.250. The lowest BCUT2D eigenvalue weighted by Crippen LogP contribution is -2.09. The summed E-state index contributed by atoms with van der Waals surface area (Å²) in [4.78, 5) is 0. The van der Waals surface area contributed by atoms with E-state index in [1.807, 2.05) is 31.3 Å². The number of nitrogens with zero attached hydrogens (tertiary/aromatic N) is 2. The zero-order chi connectivity index (χ0) is 12.3. The van der Waals surface area contributed by atoms with Crippen molar-refractivity contribution in [1.29, 1.82) is 0 Å². The molecule has 0 amide bonds. The number of rotatable bonds is 4. The fourth-order valence-corrected chi connectivity index (χ4v) is 2.08. The third-order valence-electron chi connectivity index (χ3n) is 2.33. The smallest absolute Gasteiger partial charge is 0.145 e. The normalized spacial score (nSPS) is 10.5. The van der Waals surface area contributed by atoms with Gasteiger partial charge in [0.1, 0.15) is 18.2 Å². The summed E-state index contributed by atoms with van der Waals surface area (Å²) in [5.41, 5.74) is 6.72. The quantitative estimate of drug-likeness (QED) is 0.943. The van der Waals surface area contributed by atoms with Crippen LogP contribution in [0.1, 0.15) is 5.56 Å². The van der Waals surface area contributed by atoms with Crippen LogP contribution in [-0.4, -0.2) is 16.4 Å². The van der Waals surface area contributed by atoms with Crippen molar-refractivity contribution in [2.75, 3.05) is 12.3 Å². The van der Waals surface area contributed by atoms with Crippen LogP contribution >= 0.6 is 15.9 Å². The molecule has 90 valence electrons. The molecule has 17 heavy (non-hydrogen) atoms. The summed E-state index contributed by atoms with van der Waals surface area (Å²) < 4.78 is 8.39. The van der Waals surface area contributed by atoms with Crippen molar-refractivity contribution in [3.63, 3.8) is 0 Å². The minimum absolute atomic E-state index is 0.529. The highest BCUT2D eigenvalue weighted by Gasteiger charge is 2.01. The monoisotopic (exact) mass is 295 g/mol. The van der Waals surface area contributed by atoms with Crippen LogP contribution in [0.25, 0.3) is 0 Å². The van der Waals surface area contributed by atoms with Crippen LogP contribution in [0.15, 0.2) is 34.9 Å². The van der Waals surface area contributed by atoms with Gasteiger partial charge in [-0.1, -0.05) is 6.07 Å². The van der Waals surface area contributed by atoms with Gasteiger partial charge in [0, 0.05) is 6.20 Å². The molecule has 0 aliphatic rings. The Labute approximate surface area is 109 Å². The molecule has 0 fully saturated rings. The maximum Gasteiger partial charge on any atom is 0.145 e. The SMILES string of the molecule is Cc1ccc(OCCn2ccc(N)n2)c(Br)c1. The van der Waals surface area contributed by atoms with Gasteiger partial charge in [-0.15, -0.1) is 0 Å². The molecular weight excluding hydrogens is 282 g/mol. The molecule has 2 N–H and O–H groups in total. The second-order valence-electron chi connectivity index (χ2n) is 3.79. The molecule has 2 rings (SSSR count). The average Bonchev–Trinajstić information content (AvgIpc) is 2.68. The third kappa shape index (κ3) is 3.23. The molecule has 0 aliphatic carbocycles. The summed E-state index contributed by atoms with van der Waals surface area (Å²) in [5.74, 6) is 1.37. The summed E-state index contributed by atoms with van der Waals surface area (Å²) in [5, 5.41) is 4.08. The zero-order valence-electron chi connectivity index (χ0n) is 9.56. The topological polar surface area (TPSA) is 53.1 Å². The van der Waals surface area contributed by atoms with E-state index in [0.717, 1.165) is 10.2 Å². The van der Waals surface area contributed by atoms with E-state index < -0.39 is 0 Å². The van der Waals surface area contributed by atoms with Crippen molar-refractivity contribution >= 4 is 21.7 Å². The highest BCUT2D eigenvalue weighted by molar-refractivity contribution is 9.10. The van der Waals surface area contributed by atoms with E-state index in [-0.39, 0.29) is 0 Å². The Morgan fingerprint density at radius 1 is 1.41 bits per heavy atom. The predicted octanol–water partition coefficient (Wildman–Crippen LogP) is 2.62. The third-order valence-corrected chi connectivity index (χ3v) is 2.95. The van der Waals surface area contributed by atoms with Gasteiger partial charge in [0.05, 0.1) is 11.0 Å². The molecular formula is C12H14BrN3O. The Hall–Kier alpha value is -1.49. The molecule has 1 aromatic heterocycles. The Bertz CT molecular complexity index is 510. The van der Waals surface area contributed by atoms with Crippen molar-refractivity contribution in [1.82, 2.24) is 9.78 Å². The number of ether oxygens (including phenoxy) is 1. The number of benzene rings is 1. The first-order chi connectivity index (χ1) is 8.15. The van der Waals surface area contributed by atoms with Gasteiger partial charge < -0.3 is 10.5 Å². The number of halogens is 1. The van der Waals surface area contributed by atoms with Crippen molar-refractivity contribution in [3.8, 4) is 5.75 Å². The zero-order valence-corrected chi connectivity index (χ0v) is 11.1. The van der Waals surface area contributed by atoms with E-state index in [4.69, 9.17) is 10.5 Å². The van der Waals surface area contributed by atoms with Crippen LogP contribution in [-0.2, 0) is 6.54 Å². The van der Waals surface area contributed by atoms with Crippen LogP contribution in [0.4, 0.5) is 5.82 Å². The van der Waals surface area contributed by atoms with E-state index in [2.05, 4.69) is 21.0 Å². The summed E-state index contributed by atoms with van der Waals surface area (Å²) in [6, 6.07) is 7.77. The first kappa shape index (κ1) is 12.0. The van der Waals surface area contributed by atoms with Gasteiger partial charge in [0.2, 0.25) is 0 Å². The minimum Gasteiger partial charge on any atom is -0.490 e. The van der Waals surface area contributed by atoms with Crippen molar-refractivity contribution < 1.29 is 4.74 Å². The first-order valence-electron chi connectivity index (χ1n) is 5.33. The predicted molar refractivity (Wildman–Crippen MR) is 71.0 cm³/mol. The fourth-order valence-electron chi connectivity index (χ4n) is 1.47. The van der Waals surface area contributed by atoms with E-state index in [9.17, 15) is 0 Å². The van der Waals surface area contributed by atoms with Crippen LogP contribution in [0.5, 0.6) is 5.75 Å². The standard InChI is InChI=1S/C12H14BrN3O/c1-9-2-3-11(10(13)8-9)17-7-6-16-5-4-12(14)15-16/h2-5,8H,6-7H2,1H3,(H2,14,15). The molecule has 0 saturated heterocycles. The van der Waals surface area contributed by atoms with Gasteiger partial charge in [0.15, 0.2) is 0 Å². The van der Waals surface area contributed by atoms with Crippen molar-refractivity contribution in [2.45, 2.75) is 13.5 Å². The Kier molecular flexibility index (Phi) is 3.68. The maximum atomic E-state index is 5.66. The van der Waals surface area contributed by atoms with Crippen LogP contribution in [0.2, 0.25) is 0 Å². The molecule has 0 spiro atoms. The van der Waals surface area contributed by atoms with Gasteiger partial charge in [-0.3, -0.25) is 4.68 Å². The summed E-state index contributed by atoms with van der Waals surface area (Å²) in [6.07, 6.45) is 1.84. The largest absolute Gasteiger partial charge is 0.490 e. The molecule has 0 bridgehead atoms. The lowest BCUT2D eigenvalue weighted by molar-refractivity contribution is 0.290. The molecule has 0 atom stereocenters. The highest BCUT2D eigenvalue weighted by Crippen LogP contribution is 2.25. The first-order valence-corrected chi connectivity index (χ1v) is 6.12. The minimum atomic E-state index is 0.529. The molecule has 0 saturated carbocycles. The number of hydrogen-bond donors (Lipinski definition) is 1. The van der Waals surface area contributed by atoms with Gasteiger partial charge in [-0.2, -0.15) is 5.10 Å². The van der Waals surface area contributed by atoms with E-state index in [1.165, 1.54) is 5.56 Å². The number of anilines is 1. The summed E-state index contributed by atoms with van der Waals surface area (Å²) >= 11 is 3.47.